The molecule has 5 nitrogen and oxygen atoms in total. The van der Waals surface area contributed by atoms with E-state index in [0.29, 0.717) is 12.4 Å². The largest absolute Gasteiger partial charge is 0.494 e. The number of ether oxygens (including phenoxy) is 2. The molecule has 0 unspecified atom stereocenters. The first-order valence-corrected chi connectivity index (χ1v) is 6.07. The minimum atomic E-state index is -0.312. The molecule has 0 saturated carbocycles. The van der Waals surface area contributed by atoms with Crippen molar-refractivity contribution in [2.24, 2.45) is 0 Å². The zero-order valence-corrected chi connectivity index (χ0v) is 11.0. The number of nitrogens with one attached hydrogen (secondary N) is 1. The molecule has 1 aromatic heterocycles. The van der Waals surface area contributed by atoms with Crippen molar-refractivity contribution in [1.82, 2.24) is 9.97 Å². The lowest BCUT2D eigenvalue weighted by Gasteiger charge is -2.03. The monoisotopic (exact) mass is 260 g/mol. The molecule has 0 atom stereocenters. The van der Waals surface area contributed by atoms with E-state index in [0.717, 1.165) is 17.0 Å². The van der Waals surface area contributed by atoms with Gasteiger partial charge in [0.25, 0.3) is 0 Å². The molecule has 19 heavy (non-hydrogen) atoms. The Bertz CT molecular complexity index is 546. The fourth-order valence-corrected chi connectivity index (χ4v) is 1.71. The van der Waals surface area contributed by atoms with Crippen LogP contribution in [-0.4, -0.2) is 29.7 Å². The van der Waals surface area contributed by atoms with Crippen molar-refractivity contribution in [3.8, 4) is 17.0 Å². The second-order valence-corrected chi connectivity index (χ2v) is 3.95. The highest BCUT2D eigenvalue weighted by Crippen LogP contribution is 2.21. The van der Waals surface area contributed by atoms with Crippen molar-refractivity contribution in [2.75, 3.05) is 13.7 Å². The van der Waals surface area contributed by atoms with Gasteiger partial charge >= 0.3 is 5.97 Å². The third kappa shape index (κ3) is 3.34. The SMILES string of the molecule is CCOc1ccc(-c2cnc(CC(=O)OC)[nH]2)cc1. The van der Waals surface area contributed by atoms with Crippen molar-refractivity contribution >= 4 is 5.97 Å². The first-order chi connectivity index (χ1) is 9.22. The van der Waals surface area contributed by atoms with Crippen molar-refractivity contribution in [2.45, 2.75) is 13.3 Å². The molecular weight excluding hydrogens is 244 g/mol. The van der Waals surface area contributed by atoms with Gasteiger partial charge in [-0.3, -0.25) is 4.79 Å². The van der Waals surface area contributed by atoms with Gasteiger partial charge in [0.05, 0.1) is 25.6 Å². The summed E-state index contributed by atoms with van der Waals surface area (Å²) in [5, 5.41) is 0. The fraction of sp³-hybridized carbons (Fsp3) is 0.286. The molecule has 0 fully saturated rings. The van der Waals surface area contributed by atoms with Gasteiger partial charge < -0.3 is 14.5 Å². The number of benzene rings is 1. The zero-order valence-electron chi connectivity index (χ0n) is 11.0. The van der Waals surface area contributed by atoms with Gasteiger partial charge in [-0.05, 0) is 36.8 Å². The van der Waals surface area contributed by atoms with Crippen LogP contribution in [0.5, 0.6) is 5.75 Å². The minimum Gasteiger partial charge on any atom is -0.494 e. The Kier molecular flexibility index (Phi) is 4.18. The molecular formula is C14H16N2O3. The molecule has 5 heteroatoms. The maximum atomic E-state index is 11.1. The smallest absolute Gasteiger partial charge is 0.313 e. The number of nitrogens with zero attached hydrogens (tertiary/aromatic N) is 1. The molecule has 0 aliphatic carbocycles. The average Bonchev–Trinajstić information content (AvgIpc) is 2.88. The predicted molar refractivity (Wildman–Crippen MR) is 70.9 cm³/mol. The highest BCUT2D eigenvalue weighted by molar-refractivity contribution is 5.71. The van der Waals surface area contributed by atoms with Crippen molar-refractivity contribution in [1.29, 1.82) is 0 Å². The summed E-state index contributed by atoms with van der Waals surface area (Å²) in [6, 6.07) is 7.69. The Hall–Kier alpha value is -2.30. The van der Waals surface area contributed by atoms with Crippen molar-refractivity contribution in [3.05, 3.63) is 36.3 Å². The van der Waals surface area contributed by atoms with Crippen LogP contribution in [0.4, 0.5) is 0 Å². The van der Waals surface area contributed by atoms with E-state index >= 15 is 0 Å². The second-order valence-electron chi connectivity index (χ2n) is 3.95. The number of carbonyl (C=O) groups is 1. The number of hydrogen-bond donors (Lipinski definition) is 1. The zero-order chi connectivity index (χ0) is 13.7. The average molecular weight is 260 g/mol. The summed E-state index contributed by atoms with van der Waals surface area (Å²) < 4.78 is 9.98. The van der Waals surface area contributed by atoms with E-state index in [-0.39, 0.29) is 12.4 Å². The Labute approximate surface area is 111 Å². The molecule has 0 aliphatic rings. The first-order valence-electron chi connectivity index (χ1n) is 6.07. The Morgan fingerprint density at radius 1 is 1.32 bits per heavy atom. The summed E-state index contributed by atoms with van der Waals surface area (Å²) in [6.45, 7) is 2.59. The summed E-state index contributed by atoms with van der Waals surface area (Å²) in [5.41, 5.74) is 1.86. The molecule has 0 saturated heterocycles. The Balaban J connectivity index is 2.11. The number of aromatic amines is 1. The van der Waals surface area contributed by atoms with Crippen LogP contribution < -0.4 is 4.74 Å². The molecule has 0 amide bonds. The molecule has 100 valence electrons. The lowest BCUT2D eigenvalue weighted by Crippen LogP contribution is -2.05. The highest BCUT2D eigenvalue weighted by atomic mass is 16.5. The quantitative estimate of drug-likeness (QED) is 0.837. The number of hydrogen-bond acceptors (Lipinski definition) is 4. The van der Waals surface area contributed by atoms with Gasteiger partial charge in [0.2, 0.25) is 0 Å². The van der Waals surface area contributed by atoms with Gasteiger partial charge in [-0.1, -0.05) is 0 Å². The van der Waals surface area contributed by atoms with E-state index in [4.69, 9.17) is 4.74 Å². The van der Waals surface area contributed by atoms with E-state index < -0.39 is 0 Å². The van der Waals surface area contributed by atoms with Crippen LogP contribution >= 0.6 is 0 Å². The first kappa shape index (κ1) is 13.1. The maximum Gasteiger partial charge on any atom is 0.313 e. The number of esters is 1. The maximum absolute atomic E-state index is 11.1. The standard InChI is InChI=1S/C14H16N2O3/c1-3-19-11-6-4-10(5-7-11)12-9-15-13(16-12)8-14(17)18-2/h4-7,9H,3,8H2,1-2H3,(H,15,16). The molecule has 0 bridgehead atoms. The molecule has 0 aliphatic heterocycles. The molecule has 0 spiro atoms. The van der Waals surface area contributed by atoms with Crippen LogP contribution in [0.1, 0.15) is 12.7 Å². The molecule has 1 N–H and O–H groups in total. The predicted octanol–water partition coefficient (Wildman–Crippen LogP) is 2.19. The van der Waals surface area contributed by atoms with E-state index in [1.54, 1.807) is 6.20 Å². The summed E-state index contributed by atoms with van der Waals surface area (Å²) in [7, 11) is 1.36. The third-order valence-corrected chi connectivity index (χ3v) is 2.64. The molecule has 2 rings (SSSR count). The molecule has 0 radical (unpaired) electrons. The lowest BCUT2D eigenvalue weighted by atomic mass is 10.2. The van der Waals surface area contributed by atoms with Crippen LogP contribution in [0.2, 0.25) is 0 Å². The van der Waals surface area contributed by atoms with Crippen LogP contribution in [0, 0.1) is 0 Å². The van der Waals surface area contributed by atoms with Crippen molar-refractivity contribution < 1.29 is 14.3 Å². The van der Waals surface area contributed by atoms with Gasteiger partial charge in [-0.25, -0.2) is 4.98 Å². The van der Waals surface area contributed by atoms with Crippen molar-refractivity contribution in [3.63, 3.8) is 0 Å². The van der Waals surface area contributed by atoms with Crippen LogP contribution in [0.25, 0.3) is 11.3 Å². The number of aromatic nitrogens is 2. The van der Waals surface area contributed by atoms with E-state index in [2.05, 4.69) is 14.7 Å². The van der Waals surface area contributed by atoms with Gasteiger partial charge in [-0.2, -0.15) is 0 Å². The Morgan fingerprint density at radius 3 is 2.68 bits per heavy atom. The normalized spacial score (nSPS) is 10.2. The van der Waals surface area contributed by atoms with Crippen LogP contribution in [-0.2, 0) is 16.0 Å². The molecule has 2 aromatic rings. The molecule has 1 aromatic carbocycles. The van der Waals surface area contributed by atoms with Gasteiger partial charge in [0, 0.05) is 0 Å². The summed E-state index contributed by atoms with van der Waals surface area (Å²) >= 11 is 0. The third-order valence-electron chi connectivity index (χ3n) is 2.64. The number of imidazole rings is 1. The summed E-state index contributed by atoms with van der Waals surface area (Å²) in [4.78, 5) is 18.4. The number of rotatable bonds is 5. The lowest BCUT2D eigenvalue weighted by molar-refractivity contribution is -0.139. The number of H-pyrrole nitrogens is 1. The van der Waals surface area contributed by atoms with E-state index in [1.807, 2.05) is 31.2 Å². The van der Waals surface area contributed by atoms with Crippen LogP contribution in [0.15, 0.2) is 30.5 Å². The fourth-order valence-electron chi connectivity index (χ4n) is 1.71. The highest BCUT2D eigenvalue weighted by Gasteiger charge is 2.08. The van der Waals surface area contributed by atoms with E-state index in [9.17, 15) is 4.79 Å². The molecule has 1 heterocycles. The summed E-state index contributed by atoms with van der Waals surface area (Å²) in [6.07, 6.45) is 1.85. The Morgan fingerprint density at radius 2 is 2.05 bits per heavy atom. The van der Waals surface area contributed by atoms with Crippen LogP contribution in [0.3, 0.4) is 0 Å². The van der Waals surface area contributed by atoms with E-state index in [1.165, 1.54) is 7.11 Å². The minimum absolute atomic E-state index is 0.146. The van der Waals surface area contributed by atoms with Gasteiger partial charge in [0.15, 0.2) is 0 Å². The van der Waals surface area contributed by atoms with Gasteiger partial charge in [0.1, 0.15) is 18.0 Å². The number of methoxy groups -OCH3 is 1. The van der Waals surface area contributed by atoms with Gasteiger partial charge in [-0.15, -0.1) is 0 Å². The topological polar surface area (TPSA) is 64.2 Å². The summed E-state index contributed by atoms with van der Waals surface area (Å²) in [5.74, 6) is 1.11. The second kappa shape index (κ2) is 6.04. The number of carbonyl (C=O) groups excluding carboxylic acids is 1.